The van der Waals surface area contributed by atoms with Gasteiger partial charge < -0.3 is 14.7 Å². The van der Waals surface area contributed by atoms with E-state index in [4.69, 9.17) is 9.84 Å². The van der Waals surface area contributed by atoms with Gasteiger partial charge in [-0.15, -0.1) is 0 Å². The van der Waals surface area contributed by atoms with Gasteiger partial charge in [-0.2, -0.15) is 0 Å². The van der Waals surface area contributed by atoms with Crippen LogP contribution in [0, 0.1) is 0 Å². The summed E-state index contributed by atoms with van der Waals surface area (Å²) in [6.07, 6.45) is 3.80. The van der Waals surface area contributed by atoms with Gasteiger partial charge in [-0.25, -0.2) is 4.79 Å². The fourth-order valence-corrected chi connectivity index (χ4v) is 2.22. The predicted octanol–water partition coefficient (Wildman–Crippen LogP) is 2.39. The highest BCUT2D eigenvalue weighted by Crippen LogP contribution is 2.18. The van der Waals surface area contributed by atoms with Crippen LogP contribution in [0.3, 0.4) is 0 Å². The molecule has 1 saturated heterocycles. The summed E-state index contributed by atoms with van der Waals surface area (Å²) in [5.74, 6) is -0.889. The Balaban J connectivity index is 1.95. The monoisotopic (exact) mass is 249 g/mol. The third kappa shape index (κ3) is 3.23. The zero-order valence-corrected chi connectivity index (χ0v) is 10.6. The molecule has 1 atom stereocenters. The van der Waals surface area contributed by atoms with Crippen molar-refractivity contribution < 1.29 is 14.6 Å². The van der Waals surface area contributed by atoms with Crippen LogP contribution in [0.1, 0.15) is 29.6 Å². The smallest absolute Gasteiger partial charge is 0.335 e. The Hall–Kier alpha value is -1.55. The van der Waals surface area contributed by atoms with Crippen LogP contribution in [0.15, 0.2) is 24.3 Å². The second kappa shape index (κ2) is 5.87. The predicted molar refractivity (Wildman–Crippen MR) is 70.3 cm³/mol. The molecule has 98 valence electrons. The summed E-state index contributed by atoms with van der Waals surface area (Å²) in [7, 11) is 2.01. The molecule has 1 aromatic carbocycles. The number of carboxylic acids is 1. The number of nitrogens with zero attached hydrogens (tertiary/aromatic N) is 1. The summed E-state index contributed by atoms with van der Waals surface area (Å²) in [5.41, 5.74) is 1.34. The molecule has 0 bridgehead atoms. The molecule has 0 aliphatic carbocycles. The second-order valence-electron chi connectivity index (χ2n) is 4.72. The van der Waals surface area contributed by atoms with Gasteiger partial charge in [0, 0.05) is 25.9 Å². The summed E-state index contributed by atoms with van der Waals surface area (Å²) in [4.78, 5) is 12.9. The summed E-state index contributed by atoms with van der Waals surface area (Å²) in [6.45, 7) is 1.71. The van der Waals surface area contributed by atoms with Crippen LogP contribution in [-0.2, 0) is 4.74 Å². The Labute approximate surface area is 107 Å². The average molecular weight is 249 g/mol. The molecule has 4 nitrogen and oxygen atoms in total. The van der Waals surface area contributed by atoms with Crippen LogP contribution in [0.4, 0.5) is 5.69 Å². The number of likely N-dealkylation sites (N-methyl/N-ethyl adjacent to an activating group) is 1. The van der Waals surface area contributed by atoms with E-state index < -0.39 is 5.97 Å². The summed E-state index contributed by atoms with van der Waals surface area (Å²) in [5, 5.41) is 8.84. The number of rotatable bonds is 4. The van der Waals surface area contributed by atoms with Crippen LogP contribution in [-0.4, -0.2) is 37.4 Å². The Morgan fingerprint density at radius 3 is 2.67 bits per heavy atom. The molecular weight excluding hydrogens is 230 g/mol. The van der Waals surface area contributed by atoms with E-state index in [1.165, 1.54) is 6.42 Å². The van der Waals surface area contributed by atoms with Gasteiger partial charge in [0.25, 0.3) is 0 Å². The van der Waals surface area contributed by atoms with Crippen molar-refractivity contribution in [1.82, 2.24) is 0 Å². The van der Waals surface area contributed by atoms with Crippen LogP contribution >= 0.6 is 0 Å². The minimum absolute atomic E-state index is 0.294. The van der Waals surface area contributed by atoms with Crippen LogP contribution < -0.4 is 4.90 Å². The van der Waals surface area contributed by atoms with Gasteiger partial charge in [0.2, 0.25) is 0 Å². The van der Waals surface area contributed by atoms with Gasteiger partial charge in [-0.05, 0) is 43.5 Å². The molecule has 1 N–H and O–H groups in total. The standard InChI is InChI=1S/C14H19NO3/c1-15(10-13-4-2-3-9-18-13)12-7-5-11(6-8-12)14(16)17/h5-8,13H,2-4,9-10H2,1H3,(H,16,17). The van der Waals surface area contributed by atoms with Gasteiger partial charge in [-0.3, -0.25) is 0 Å². The lowest BCUT2D eigenvalue weighted by molar-refractivity contribution is 0.0216. The van der Waals surface area contributed by atoms with Crippen LogP contribution in [0.25, 0.3) is 0 Å². The minimum Gasteiger partial charge on any atom is -0.478 e. The zero-order valence-electron chi connectivity index (χ0n) is 10.6. The molecule has 0 saturated carbocycles. The molecule has 1 heterocycles. The Kier molecular flexibility index (Phi) is 4.20. The first-order valence-electron chi connectivity index (χ1n) is 6.33. The maximum absolute atomic E-state index is 10.8. The first-order valence-corrected chi connectivity index (χ1v) is 6.33. The highest BCUT2D eigenvalue weighted by atomic mass is 16.5. The maximum atomic E-state index is 10.8. The molecule has 4 heteroatoms. The minimum atomic E-state index is -0.889. The maximum Gasteiger partial charge on any atom is 0.335 e. The number of hydrogen-bond acceptors (Lipinski definition) is 3. The molecule has 0 radical (unpaired) electrons. The molecule has 1 aromatic rings. The van der Waals surface area contributed by atoms with E-state index in [1.807, 2.05) is 19.2 Å². The fraction of sp³-hybridized carbons (Fsp3) is 0.500. The molecule has 18 heavy (non-hydrogen) atoms. The Bertz CT molecular complexity index is 396. The SMILES string of the molecule is CN(CC1CCCCO1)c1ccc(C(=O)O)cc1. The number of benzene rings is 1. The highest BCUT2D eigenvalue weighted by Gasteiger charge is 2.16. The molecule has 0 spiro atoms. The fourth-order valence-electron chi connectivity index (χ4n) is 2.22. The van der Waals surface area contributed by atoms with E-state index in [0.717, 1.165) is 31.7 Å². The van der Waals surface area contributed by atoms with Gasteiger partial charge in [0.1, 0.15) is 0 Å². The molecular formula is C14H19NO3. The number of anilines is 1. The van der Waals surface area contributed by atoms with E-state index in [1.54, 1.807) is 12.1 Å². The normalized spacial score (nSPS) is 19.5. The first kappa shape index (κ1) is 12.9. The van der Waals surface area contributed by atoms with Crippen molar-refractivity contribution in [2.24, 2.45) is 0 Å². The number of ether oxygens (including phenoxy) is 1. The van der Waals surface area contributed by atoms with E-state index in [9.17, 15) is 4.79 Å². The number of hydrogen-bond donors (Lipinski definition) is 1. The van der Waals surface area contributed by atoms with E-state index in [2.05, 4.69) is 4.90 Å². The summed E-state index contributed by atoms with van der Waals surface area (Å²) < 4.78 is 5.70. The van der Waals surface area contributed by atoms with Gasteiger partial charge in [0.15, 0.2) is 0 Å². The van der Waals surface area contributed by atoms with Gasteiger partial charge in [-0.1, -0.05) is 0 Å². The van der Waals surface area contributed by atoms with E-state index in [-0.39, 0.29) is 0 Å². The molecule has 0 amide bonds. The Morgan fingerprint density at radius 2 is 2.11 bits per heavy atom. The van der Waals surface area contributed by atoms with Crippen molar-refractivity contribution in [2.75, 3.05) is 25.1 Å². The van der Waals surface area contributed by atoms with Crippen molar-refractivity contribution in [2.45, 2.75) is 25.4 Å². The first-order chi connectivity index (χ1) is 8.66. The Morgan fingerprint density at radius 1 is 1.39 bits per heavy atom. The molecule has 0 aromatic heterocycles. The molecule has 1 fully saturated rings. The third-order valence-electron chi connectivity index (χ3n) is 3.31. The number of carboxylic acid groups (broad SMARTS) is 1. The molecule has 1 aliphatic rings. The summed E-state index contributed by atoms with van der Waals surface area (Å²) in [6, 6.07) is 6.95. The van der Waals surface area contributed by atoms with Crippen molar-refractivity contribution >= 4 is 11.7 Å². The zero-order chi connectivity index (χ0) is 13.0. The van der Waals surface area contributed by atoms with Crippen molar-refractivity contribution in [1.29, 1.82) is 0 Å². The highest BCUT2D eigenvalue weighted by molar-refractivity contribution is 5.88. The second-order valence-corrected chi connectivity index (χ2v) is 4.72. The van der Waals surface area contributed by atoms with E-state index >= 15 is 0 Å². The lowest BCUT2D eigenvalue weighted by Gasteiger charge is -2.28. The van der Waals surface area contributed by atoms with Crippen molar-refractivity contribution in [3.8, 4) is 0 Å². The molecule has 1 aliphatic heterocycles. The quantitative estimate of drug-likeness (QED) is 0.890. The van der Waals surface area contributed by atoms with Gasteiger partial charge >= 0.3 is 5.97 Å². The third-order valence-corrected chi connectivity index (χ3v) is 3.31. The van der Waals surface area contributed by atoms with Crippen LogP contribution in [0.5, 0.6) is 0 Å². The number of carbonyl (C=O) groups is 1. The molecule has 2 rings (SSSR count). The topological polar surface area (TPSA) is 49.8 Å². The number of aromatic carboxylic acids is 1. The van der Waals surface area contributed by atoms with Crippen LogP contribution in [0.2, 0.25) is 0 Å². The largest absolute Gasteiger partial charge is 0.478 e. The van der Waals surface area contributed by atoms with Crippen molar-refractivity contribution in [3.05, 3.63) is 29.8 Å². The van der Waals surface area contributed by atoms with E-state index in [0.29, 0.717) is 11.7 Å². The lowest BCUT2D eigenvalue weighted by Crippen LogP contribution is -2.33. The molecule has 1 unspecified atom stereocenters. The van der Waals surface area contributed by atoms with Gasteiger partial charge in [0.05, 0.1) is 11.7 Å². The van der Waals surface area contributed by atoms with Crippen molar-refractivity contribution in [3.63, 3.8) is 0 Å². The summed E-state index contributed by atoms with van der Waals surface area (Å²) >= 11 is 0. The average Bonchev–Trinajstić information content (AvgIpc) is 2.40. The lowest BCUT2D eigenvalue weighted by atomic mass is 10.1.